The van der Waals surface area contributed by atoms with Gasteiger partial charge in [-0.1, -0.05) is 12.1 Å². The van der Waals surface area contributed by atoms with Crippen molar-refractivity contribution in [3.63, 3.8) is 0 Å². The molecule has 0 aliphatic carbocycles. The number of nitrogens with two attached hydrogens (primary N) is 1. The lowest BCUT2D eigenvalue weighted by Gasteiger charge is -2.05. The van der Waals surface area contributed by atoms with Gasteiger partial charge in [0.15, 0.2) is 5.96 Å². The first kappa shape index (κ1) is 13.5. The van der Waals surface area contributed by atoms with E-state index in [1.807, 2.05) is 31.2 Å². The van der Waals surface area contributed by atoms with Gasteiger partial charge >= 0.3 is 0 Å². The Hall–Kier alpha value is -1.56. The molecule has 0 saturated heterocycles. The Morgan fingerprint density at radius 2 is 2.18 bits per heavy atom. The lowest BCUT2D eigenvalue weighted by Crippen LogP contribution is -2.23. The zero-order valence-electron chi connectivity index (χ0n) is 9.97. The van der Waals surface area contributed by atoms with Gasteiger partial charge in [-0.05, 0) is 24.6 Å². The SMILES string of the molecule is Cc1cccc(NC(N)=NCCS(C)(=O)=O)c1. The molecule has 0 aliphatic heterocycles. The van der Waals surface area contributed by atoms with Gasteiger partial charge in [0, 0.05) is 11.9 Å². The number of rotatable bonds is 4. The molecule has 0 atom stereocenters. The number of nitrogens with zero attached hydrogens (tertiary/aromatic N) is 1. The third kappa shape index (κ3) is 5.91. The molecule has 94 valence electrons. The minimum atomic E-state index is -2.99. The van der Waals surface area contributed by atoms with E-state index in [0.29, 0.717) is 0 Å². The predicted molar refractivity (Wildman–Crippen MR) is 71.0 cm³/mol. The van der Waals surface area contributed by atoms with Crippen LogP contribution in [0.1, 0.15) is 5.56 Å². The van der Waals surface area contributed by atoms with Crippen molar-refractivity contribution in [3.8, 4) is 0 Å². The number of aliphatic imine (C=N–C) groups is 1. The lowest BCUT2D eigenvalue weighted by atomic mass is 10.2. The van der Waals surface area contributed by atoms with Crippen LogP contribution in [0.5, 0.6) is 0 Å². The van der Waals surface area contributed by atoms with Crippen LogP contribution in [0.2, 0.25) is 0 Å². The van der Waals surface area contributed by atoms with Crippen molar-refractivity contribution in [2.75, 3.05) is 23.9 Å². The molecule has 0 aliphatic rings. The van der Waals surface area contributed by atoms with Crippen LogP contribution in [0.4, 0.5) is 5.69 Å². The van der Waals surface area contributed by atoms with Crippen molar-refractivity contribution in [1.29, 1.82) is 0 Å². The largest absolute Gasteiger partial charge is 0.370 e. The summed E-state index contributed by atoms with van der Waals surface area (Å²) in [6.07, 6.45) is 1.17. The second kappa shape index (κ2) is 5.67. The Morgan fingerprint density at radius 1 is 1.47 bits per heavy atom. The van der Waals surface area contributed by atoms with Crippen molar-refractivity contribution in [3.05, 3.63) is 29.8 Å². The number of anilines is 1. The fourth-order valence-electron chi connectivity index (χ4n) is 1.24. The van der Waals surface area contributed by atoms with Crippen molar-refractivity contribution < 1.29 is 8.42 Å². The second-order valence-electron chi connectivity index (χ2n) is 3.89. The lowest BCUT2D eigenvalue weighted by molar-refractivity contribution is 0.601. The maximum atomic E-state index is 10.9. The highest BCUT2D eigenvalue weighted by Gasteiger charge is 2.00. The first-order valence-electron chi connectivity index (χ1n) is 5.18. The molecule has 0 heterocycles. The van der Waals surface area contributed by atoms with E-state index < -0.39 is 9.84 Å². The second-order valence-corrected chi connectivity index (χ2v) is 6.15. The number of hydrogen-bond donors (Lipinski definition) is 2. The van der Waals surface area contributed by atoms with E-state index in [4.69, 9.17) is 5.73 Å². The Labute approximate surface area is 102 Å². The van der Waals surface area contributed by atoms with Crippen LogP contribution >= 0.6 is 0 Å². The number of guanidine groups is 1. The van der Waals surface area contributed by atoms with Gasteiger partial charge in [0.1, 0.15) is 9.84 Å². The fraction of sp³-hybridized carbons (Fsp3) is 0.364. The van der Waals surface area contributed by atoms with Crippen LogP contribution < -0.4 is 11.1 Å². The van der Waals surface area contributed by atoms with E-state index in [1.165, 1.54) is 6.26 Å². The third-order valence-corrected chi connectivity index (χ3v) is 2.96. The van der Waals surface area contributed by atoms with Crippen LogP contribution in [-0.4, -0.2) is 32.9 Å². The number of aryl methyl sites for hydroxylation is 1. The highest BCUT2D eigenvalue weighted by Crippen LogP contribution is 2.08. The van der Waals surface area contributed by atoms with Crippen LogP contribution in [0.3, 0.4) is 0 Å². The number of hydrogen-bond acceptors (Lipinski definition) is 3. The average Bonchev–Trinajstić information content (AvgIpc) is 2.15. The summed E-state index contributed by atoms with van der Waals surface area (Å²) in [7, 11) is -2.99. The molecule has 0 bridgehead atoms. The van der Waals surface area contributed by atoms with Crippen LogP contribution in [0.25, 0.3) is 0 Å². The standard InChI is InChI=1S/C11H17N3O2S/c1-9-4-3-5-10(8-9)14-11(12)13-6-7-17(2,15)16/h3-5,8H,6-7H2,1-2H3,(H3,12,13,14). The van der Waals surface area contributed by atoms with E-state index in [-0.39, 0.29) is 18.3 Å². The van der Waals surface area contributed by atoms with E-state index in [2.05, 4.69) is 10.3 Å². The number of nitrogens with one attached hydrogen (secondary N) is 1. The third-order valence-electron chi connectivity index (χ3n) is 2.03. The Bertz CT molecular complexity index is 509. The minimum absolute atomic E-state index is 0.00317. The van der Waals surface area contributed by atoms with Crippen molar-refractivity contribution >= 4 is 21.5 Å². The monoisotopic (exact) mass is 255 g/mol. The molecule has 0 aromatic heterocycles. The Morgan fingerprint density at radius 3 is 2.76 bits per heavy atom. The normalized spacial score (nSPS) is 12.5. The summed E-state index contributed by atoms with van der Waals surface area (Å²) in [5.41, 5.74) is 7.58. The van der Waals surface area contributed by atoms with E-state index in [9.17, 15) is 8.42 Å². The predicted octanol–water partition coefficient (Wildman–Crippen LogP) is 0.766. The molecule has 0 unspecified atom stereocenters. The van der Waals surface area contributed by atoms with Gasteiger partial charge in [-0.2, -0.15) is 0 Å². The van der Waals surface area contributed by atoms with Gasteiger partial charge in [-0.25, -0.2) is 8.42 Å². The zero-order chi connectivity index (χ0) is 12.9. The van der Waals surface area contributed by atoms with E-state index in [1.54, 1.807) is 0 Å². The molecular formula is C11H17N3O2S. The summed E-state index contributed by atoms with van der Waals surface area (Å²) in [4.78, 5) is 3.94. The fourth-order valence-corrected chi connectivity index (χ4v) is 1.67. The van der Waals surface area contributed by atoms with Gasteiger partial charge in [0.05, 0.1) is 12.3 Å². The van der Waals surface area contributed by atoms with E-state index in [0.717, 1.165) is 11.3 Å². The number of sulfone groups is 1. The van der Waals surface area contributed by atoms with Gasteiger partial charge in [-0.15, -0.1) is 0 Å². The molecule has 0 radical (unpaired) electrons. The topological polar surface area (TPSA) is 84.5 Å². The molecule has 0 fully saturated rings. The van der Waals surface area contributed by atoms with Crippen LogP contribution in [-0.2, 0) is 9.84 Å². The van der Waals surface area contributed by atoms with Gasteiger partial charge in [-0.3, -0.25) is 4.99 Å². The summed E-state index contributed by atoms with van der Waals surface area (Å²) >= 11 is 0. The molecule has 3 N–H and O–H groups in total. The molecule has 17 heavy (non-hydrogen) atoms. The van der Waals surface area contributed by atoms with Crippen molar-refractivity contribution in [1.82, 2.24) is 0 Å². The maximum Gasteiger partial charge on any atom is 0.193 e. The Balaban J connectivity index is 2.54. The molecule has 5 nitrogen and oxygen atoms in total. The molecule has 1 aromatic carbocycles. The molecule has 0 spiro atoms. The molecular weight excluding hydrogens is 238 g/mol. The maximum absolute atomic E-state index is 10.9. The molecule has 6 heteroatoms. The summed E-state index contributed by atoms with van der Waals surface area (Å²) in [6, 6.07) is 7.68. The van der Waals surface area contributed by atoms with Crippen molar-refractivity contribution in [2.24, 2.45) is 10.7 Å². The number of benzene rings is 1. The highest BCUT2D eigenvalue weighted by molar-refractivity contribution is 7.90. The quantitative estimate of drug-likeness (QED) is 0.614. The minimum Gasteiger partial charge on any atom is -0.370 e. The zero-order valence-corrected chi connectivity index (χ0v) is 10.8. The molecule has 1 rings (SSSR count). The first-order valence-corrected chi connectivity index (χ1v) is 7.24. The van der Waals surface area contributed by atoms with Crippen LogP contribution in [0.15, 0.2) is 29.3 Å². The van der Waals surface area contributed by atoms with Crippen molar-refractivity contribution in [2.45, 2.75) is 6.92 Å². The Kier molecular flexibility index (Phi) is 4.51. The molecule has 0 saturated carbocycles. The smallest absolute Gasteiger partial charge is 0.193 e. The van der Waals surface area contributed by atoms with Gasteiger partial charge < -0.3 is 11.1 Å². The average molecular weight is 255 g/mol. The summed E-state index contributed by atoms with van der Waals surface area (Å²) in [5, 5.41) is 2.90. The summed E-state index contributed by atoms with van der Waals surface area (Å²) in [6.45, 7) is 2.14. The van der Waals surface area contributed by atoms with Gasteiger partial charge in [0.25, 0.3) is 0 Å². The molecule has 1 aromatic rings. The van der Waals surface area contributed by atoms with Gasteiger partial charge in [0.2, 0.25) is 0 Å². The first-order chi connectivity index (χ1) is 7.87. The van der Waals surface area contributed by atoms with Crippen LogP contribution in [0, 0.1) is 6.92 Å². The highest BCUT2D eigenvalue weighted by atomic mass is 32.2. The summed E-state index contributed by atoms with van der Waals surface area (Å²) in [5.74, 6) is 0.225. The molecule has 0 amide bonds. The van der Waals surface area contributed by atoms with E-state index >= 15 is 0 Å². The summed E-state index contributed by atoms with van der Waals surface area (Å²) < 4.78 is 21.8.